The number of rotatable bonds is 5. The van der Waals surface area contributed by atoms with Crippen LogP contribution in [0.25, 0.3) is 0 Å². The van der Waals surface area contributed by atoms with Crippen molar-refractivity contribution in [1.82, 2.24) is 0 Å². The fourth-order valence-corrected chi connectivity index (χ4v) is 5.52. The van der Waals surface area contributed by atoms with E-state index in [4.69, 9.17) is 0 Å². The van der Waals surface area contributed by atoms with Gasteiger partial charge in [-0.05, 0) is 48.0 Å². The third kappa shape index (κ3) is 5.57. The first-order valence-corrected chi connectivity index (χ1v) is 11.2. The minimum Gasteiger partial charge on any atom is -0.106 e. The lowest BCUT2D eigenvalue weighted by molar-refractivity contribution is 1.32. The van der Waals surface area contributed by atoms with Gasteiger partial charge in [-0.3, -0.25) is 0 Å². The van der Waals surface area contributed by atoms with Crippen LogP contribution in [0, 0.1) is 11.8 Å². The van der Waals surface area contributed by atoms with Crippen molar-refractivity contribution in [2.45, 2.75) is 14.4 Å². The van der Waals surface area contributed by atoms with Gasteiger partial charge >= 0.3 is 0 Å². The van der Waals surface area contributed by atoms with E-state index in [-0.39, 0.29) is 4.58 Å². The zero-order valence-electron chi connectivity index (χ0n) is 15.9. The van der Waals surface area contributed by atoms with Crippen LogP contribution >= 0.6 is 23.5 Å². The second kappa shape index (κ2) is 10.1. The maximum atomic E-state index is 3.40. The second-order valence-electron chi connectivity index (χ2n) is 6.40. The fraction of sp³-hybridized carbons (Fsp3) is 0.0370. The topological polar surface area (TPSA) is 0 Å². The number of hydrogen-bond acceptors (Lipinski definition) is 2. The first-order valence-electron chi connectivity index (χ1n) is 9.48. The summed E-state index contributed by atoms with van der Waals surface area (Å²) in [6.07, 6.45) is 0. The Morgan fingerprint density at radius 1 is 0.483 bits per heavy atom. The summed E-state index contributed by atoms with van der Waals surface area (Å²) >= 11 is 3.74. The van der Waals surface area contributed by atoms with Crippen molar-refractivity contribution in [1.29, 1.82) is 0 Å². The maximum Gasteiger partial charge on any atom is 0.0857 e. The van der Waals surface area contributed by atoms with E-state index in [2.05, 4.69) is 96.8 Å². The Kier molecular flexibility index (Phi) is 6.76. The molecule has 0 spiro atoms. The molecule has 0 unspecified atom stereocenters. The zero-order chi connectivity index (χ0) is 19.7. The van der Waals surface area contributed by atoms with Crippen LogP contribution < -0.4 is 0 Å². The molecular formula is C27H20S2. The van der Waals surface area contributed by atoms with Crippen LogP contribution in [0.3, 0.4) is 0 Å². The average molecular weight is 409 g/mol. The molecule has 2 heteroatoms. The zero-order valence-corrected chi connectivity index (χ0v) is 17.5. The molecule has 0 saturated heterocycles. The molecule has 0 saturated carbocycles. The van der Waals surface area contributed by atoms with Crippen molar-refractivity contribution >= 4 is 23.5 Å². The van der Waals surface area contributed by atoms with Gasteiger partial charge in [0, 0.05) is 20.9 Å². The van der Waals surface area contributed by atoms with E-state index < -0.39 is 0 Å². The van der Waals surface area contributed by atoms with E-state index in [1.165, 1.54) is 15.4 Å². The Morgan fingerprint density at radius 2 is 0.966 bits per heavy atom. The Balaban J connectivity index is 1.69. The highest BCUT2D eigenvalue weighted by Gasteiger charge is 2.17. The Morgan fingerprint density at radius 3 is 1.55 bits per heavy atom. The smallest absolute Gasteiger partial charge is 0.0857 e. The normalized spacial score (nSPS) is 10.4. The number of benzene rings is 4. The lowest BCUT2D eigenvalue weighted by Crippen LogP contribution is -1.94. The molecule has 0 radical (unpaired) electrons. The third-order valence-electron chi connectivity index (χ3n) is 4.30. The van der Waals surface area contributed by atoms with Crippen LogP contribution in [0.5, 0.6) is 0 Å². The predicted octanol–water partition coefficient (Wildman–Crippen LogP) is 7.67. The van der Waals surface area contributed by atoms with E-state index in [0.29, 0.717) is 0 Å². The second-order valence-corrected chi connectivity index (χ2v) is 9.05. The molecule has 140 valence electrons. The Bertz CT molecular complexity index is 1050. The summed E-state index contributed by atoms with van der Waals surface area (Å²) < 4.78 is 0.209. The van der Waals surface area contributed by atoms with Crippen molar-refractivity contribution in [2.24, 2.45) is 0 Å². The first-order chi connectivity index (χ1) is 14.4. The molecule has 4 rings (SSSR count). The van der Waals surface area contributed by atoms with Gasteiger partial charge in [0.25, 0.3) is 0 Å². The van der Waals surface area contributed by atoms with Crippen LogP contribution in [0.1, 0.15) is 21.3 Å². The largest absolute Gasteiger partial charge is 0.106 e. The van der Waals surface area contributed by atoms with Gasteiger partial charge in [0.15, 0.2) is 0 Å². The summed E-state index contributed by atoms with van der Waals surface area (Å²) in [5, 5.41) is 0. The van der Waals surface area contributed by atoms with Gasteiger partial charge in [-0.15, -0.1) is 23.5 Å². The Hall–Kier alpha value is -2.86. The quantitative estimate of drug-likeness (QED) is 0.189. The standard InChI is InChI=1S/C27H20S2/c1-4-12-22(13-5-1)20-21-23-14-10-11-19-26(23)27(28-24-15-6-2-7-16-24)29-25-17-8-3-9-18-25/h1-19,27H. The molecule has 0 aliphatic heterocycles. The molecule has 0 fully saturated rings. The summed E-state index contributed by atoms with van der Waals surface area (Å²) in [4.78, 5) is 2.51. The van der Waals surface area contributed by atoms with Crippen LogP contribution in [0.2, 0.25) is 0 Å². The molecule has 4 aromatic carbocycles. The Labute approximate surface area is 181 Å². The highest BCUT2D eigenvalue weighted by molar-refractivity contribution is 8.16. The molecule has 0 bridgehead atoms. The van der Waals surface area contributed by atoms with E-state index in [1.807, 2.05) is 53.9 Å². The van der Waals surface area contributed by atoms with Crippen LogP contribution in [0.4, 0.5) is 0 Å². The lowest BCUT2D eigenvalue weighted by Gasteiger charge is -2.18. The van der Waals surface area contributed by atoms with E-state index >= 15 is 0 Å². The van der Waals surface area contributed by atoms with Gasteiger partial charge in [0.1, 0.15) is 0 Å². The lowest BCUT2D eigenvalue weighted by atomic mass is 10.1. The van der Waals surface area contributed by atoms with Gasteiger partial charge in [0.05, 0.1) is 4.58 Å². The van der Waals surface area contributed by atoms with Gasteiger partial charge in [0.2, 0.25) is 0 Å². The highest BCUT2D eigenvalue weighted by atomic mass is 32.2. The van der Waals surface area contributed by atoms with Gasteiger partial charge in [-0.25, -0.2) is 0 Å². The molecule has 0 aliphatic carbocycles. The van der Waals surface area contributed by atoms with Crippen LogP contribution in [-0.4, -0.2) is 0 Å². The minimum atomic E-state index is 0.209. The van der Waals surface area contributed by atoms with E-state index in [9.17, 15) is 0 Å². The summed E-state index contributed by atoms with van der Waals surface area (Å²) in [5.74, 6) is 6.72. The monoisotopic (exact) mass is 408 g/mol. The predicted molar refractivity (Wildman–Crippen MR) is 126 cm³/mol. The molecule has 0 aliphatic rings. The molecule has 0 heterocycles. The third-order valence-corrected chi connectivity index (χ3v) is 6.90. The molecule has 0 atom stereocenters. The van der Waals surface area contributed by atoms with Crippen molar-refractivity contribution in [3.05, 3.63) is 132 Å². The van der Waals surface area contributed by atoms with Crippen LogP contribution in [-0.2, 0) is 0 Å². The molecule has 0 amide bonds. The summed E-state index contributed by atoms with van der Waals surface area (Å²) in [5.41, 5.74) is 3.36. The molecule has 4 aromatic rings. The van der Waals surface area contributed by atoms with Crippen molar-refractivity contribution in [2.75, 3.05) is 0 Å². The summed E-state index contributed by atoms with van der Waals surface area (Å²) in [6.45, 7) is 0. The molecular weight excluding hydrogens is 388 g/mol. The van der Waals surface area contributed by atoms with Crippen molar-refractivity contribution < 1.29 is 0 Å². The van der Waals surface area contributed by atoms with Crippen molar-refractivity contribution in [3.63, 3.8) is 0 Å². The molecule has 29 heavy (non-hydrogen) atoms. The summed E-state index contributed by atoms with van der Waals surface area (Å²) in [6, 6.07) is 39.8. The number of thioether (sulfide) groups is 2. The molecule has 0 aromatic heterocycles. The minimum absolute atomic E-state index is 0.209. The molecule has 0 nitrogen and oxygen atoms in total. The fourth-order valence-electron chi connectivity index (χ4n) is 2.87. The molecule has 0 N–H and O–H groups in total. The van der Waals surface area contributed by atoms with E-state index in [0.717, 1.165) is 11.1 Å². The van der Waals surface area contributed by atoms with E-state index in [1.54, 1.807) is 0 Å². The van der Waals surface area contributed by atoms with Crippen LogP contribution in [0.15, 0.2) is 125 Å². The van der Waals surface area contributed by atoms with Crippen molar-refractivity contribution in [3.8, 4) is 11.8 Å². The van der Waals surface area contributed by atoms with Gasteiger partial charge in [-0.2, -0.15) is 0 Å². The number of hydrogen-bond donors (Lipinski definition) is 0. The summed E-state index contributed by atoms with van der Waals surface area (Å²) in [7, 11) is 0. The van der Waals surface area contributed by atoms with Gasteiger partial charge in [-0.1, -0.05) is 84.6 Å². The SMILES string of the molecule is C(#Cc1ccccc1C(Sc1ccccc1)Sc1ccccc1)c1ccccc1. The maximum absolute atomic E-state index is 3.40. The first kappa shape index (κ1) is 19.5. The highest BCUT2D eigenvalue weighted by Crippen LogP contribution is 2.47. The average Bonchev–Trinajstić information content (AvgIpc) is 2.80. The van der Waals surface area contributed by atoms with Gasteiger partial charge < -0.3 is 0 Å².